The Labute approximate surface area is 164 Å². The number of fused-ring (bicyclic) bond motifs is 1. The van der Waals surface area contributed by atoms with E-state index in [0.29, 0.717) is 23.4 Å². The van der Waals surface area contributed by atoms with Crippen LogP contribution in [0, 0.1) is 17.5 Å². The van der Waals surface area contributed by atoms with Crippen LogP contribution in [0.15, 0.2) is 41.5 Å². The first-order valence-electron chi connectivity index (χ1n) is 9.45. The van der Waals surface area contributed by atoms with E-state index < -0.39 is 23.0 Å². The van der Waals surface area contributed by atoms with Gasteiger partial charge in [-0.25, -0.2) is 13.2 Å². The number of nitrogens with two attached hydrogens (primary N) is 1. The highest BCUT2D eigenvalue weighted by molar-refractivity contribution is 5.79. The Balaban J connectivity index is 1.65. The third kappa shape index (κ3) is 4.12. The third-order valence-electron chi connectivity index (χ3n) is 5.28. The standard InChI is InChI=1S/C21H20F3N3O2/c22-12-7-18(23)17(19(24)8-12)10-27-11-26-21(28)16-9-15(5-6-20(16)27)29-14-3-1-13(25)2-4-14/h5-9,11,13-14H,1-4,10,25H2. The van der Waals surface area contributed by atoms with Gasteiger partial charge in [0.15, 0.2) is 0 Å². The summed E-state index contributed by atoms with van der Waals surface area (Å²) in [5.41, 5.74) is 5.59. The van der Waals surface area contributed by atoms with Crippen LogP contribution < -0.4 is 16.0 Å². The number of aromatic nitrogens is 2. The van der Waals surface area contributed by atoms with Crippen molar-refractivity contribution in [2.75, 3.05) is 0 Å². The van der Waals surface area contributed by atoms with Gasteiger partial charge in [0.2, 0.25) is 0 Å². The van der Waals surface area contributed by atoms with E-state index in [1.54, 1.807) is 18.2 Å². The largest absolute Gasteiger partial charge is 0.490 e. The highest BCUT2D eigenvalue weighted by Gasteiger charge is 2.20. The maximum atomic E-state index is 14.0. The first-order valence-corrected chi connectivity index (χ1v) is 9.45. The average Bonchev–Trinajstić information content (AvgIpc) is 2.68. The fraction of sp³-hybridized carbons (Fsp3) is 0.333. The molecular weight excluding hydrogens is 383 g/mol. The highest BCUT2D eigenvalue weighted by Crippen LogP contribution is 2.25. The normalized spacial score (nSPS) is 19.4. The summed E-state index contributed by atoms with van der Waals surface area (Å²) in [6.45, 7) is -0.234. The maximum absolute atomic E-state index is 14.0. The topological polar surface area (TPSA) is 70.1 Å². The lowest BCUT2D eigenvalue weighted by atomic mass is 9.94. The molecule has 0 bridgehead atoms. The Morgan fingerprint density at radius 3 is 2.45 bits per heavy atom. The Kier molecular flexibility index (Phi) is 5.27. The molecule has 1 aliphatic carbocycles. The Hall–Kier alpha value is -2.87. The van der Waals surface area contributed by atoms with Crippen molar-refractivity contribution in [1.82, 2.24) is 9.55 Å². The Bertz CT molecular complexity index is 1090. The number of ether oxygens (including phenoxy) is 1. The molecule has 1 aliphatic rings. The molecule has 152 valence electrons. The molecule has 0 saturated heterocycles. The average molecular weight is 403 g/mol. The van der Waals surface area contributed by atoms with Gasteiger partial charge in [-0.3, -0.25) is 4.79 Å². The highest BCUT2D eigenvalue weighted by atomic mass is 19.1. The van der Waals surface area contributed by atoms with Gasteiger partial charge in [-0.1, -0.05) is 0 Å². The summed E-state index contributed by atoms with van der Waals surface area (Å²) in [5.74, 6) is -2.44. The smallest absolute Gasteiger partial charge is 0.280 e. The molecule has 4 rings (SSSR count). The van der Waals surface area contributed by atoms with Gasteiger partial charge >= 0.3 is 0 Å². The fourth-order valence-electron chi connectivity index (χ4n) is 3.68. The van der Waals surface area contributed by atoms with E-state index in [1.807, 2.05) is 0 Å². The molecule has 5 nitrogen and oxygen atoms in total. The second kappa shape index (κ2) is 7.87. The fourth-order valence-corrected chi connectivity index (χ4v) is 3.68. The number of hydrogen-bond donors (Lipinski definition) is 1. The van der Waals surface area contributed by atoms with Gasteiger partial charge in [-0.15, -0.1) is 0 Å². The van der Waals surface area contributed by atoms with Crippen LogP contribution in [0.5, 0.6) is 5.75 Å². The van der Waals surface area contributed by atoms with E-state index in [2.05, 4.69) is 4.98 Å². The molecule has 0 atom stereocenters. The second-order valence-corrected chi connectivity index (χ2v) is 7.36. The van der Waals surface area contributed by atoms with Crippen LogP contribution in [-0.4, -0.2) is 21.7 Å². The van der Waals surface area contributed by atoms with E-state index in [0.717, 1.165) is 25.7 Å². The predicted molar refractivity (Wildman–Crippen MR) is 102 cm³/mol. The molecule has 0 unspecified atom stereocenters. The minimum absolute atomic E-state index is 0.0357. The summed E-state index contributed by atoms with van der Waals surface area (Å²) in [5, 5.41) is 0.278. The van der Waals surface area contributed by atoms with Crippen LogP contribution in [-0.2, 0) is 6.54 Å². The SMILES string of the molecule is NC1CCC(Oc2ccc3c(c2)c(=O)ncn3Cc2c(F)cc(F)cc2F)CC1. The molecule has 1 fully saturated rings. The number of rotatable bonds is 4. The summed E-state index contributed by atoms with van der Waals surface area (Å²) in [6.07, 6.45) is 4.73. The molecular formula is C21H20F3N3O2. The maximum Gasteiger partial charge on any atom is 0.280 e. The Morgan fingerprint density at radius 1 is 1.07 bits per heavy atom. The molecule has 0 spiro atoms. The molecule has 1 heterocycles. The Morgan fingerprint density at radius 2 is 1.76 bits per heavy atom. The minimum atomic E-state index is -0.996. The molecule has 1 aromatic heterocycles. The molecule has 3 aromatic rings. The van der Waals surface area contributed by atoms with Gasteiger partial charge in [0.25, 0.3) is 5.56 Å². The van der Waals surface area contributed by atoms with Crippen LogP contribution in [0.25, 0.3) is 10.9 Å². The van der Waals surface area contributed by atoms with Gasteiger partial charge in [0.05, 0.1) is 29.9 Å². The van der Waals surface area contributed by atoms with Crippen LogP contribution in [0.1, 0.15) is 31.2 Å². The zero-order valence-electron chi connectivity index (χ0n) is 15.6. The van der Waals surface area contributed by atoms with Gasteiger partial charge in [-0.2, -0.15) is 4.98 Å². The number of halogens is 3. The van der Waals surface area contributed by atoms with Crippen molar-refractivity contribution in [2.45, 2.75) is 44.4 Å². The molecule has 2 N–H and O–H groups in total. The third-order valence-corrected chi connectivity index (χ3v) is 5.28. The summed E-state index contributed by atoms with van der Waals surface area (Å²) >= 11 is 0. The van der Waals surface area contributed by atoms with Crippen molar-refractivity contribution in [3.63, 3.8) is 0 Å². The van der Waals surface area contributed by atoms with E-state index in [1.165, 1.54) is 10.9 Å². The van der Waals surface area contributed by atoms with Gasteiger partial charge in [0.1, 0.15) is 23.2 Å². The number of benzene rings is 2. The molecule has 0 aliphatic heterocycles. The van der Waals surface area contributed by atoms with Crippen molar-refractivity contribution in [3.8, 4) is 5.75 Å². The summed E-state index contributed by atoms with van der Waals surface area (Å²) in [6, 6.07) is 6.41. The van der Waals surface area contributed by atoms with E-state index in [9.17, 15) is 18.0 Å². The second-order valence-electron chi connectivity index (χ2n) is 7.36. The zero-order valence-corrected chi connectivity index (χ0v) is 15.6. The lowest BCUT2D eigenvalue weighted by Crippen LogP contribution is -2.31. The van der Waals surface area contributed by atoms with Crippen molar-refractivity contribution in [2.24, 2.45) is 5.73 Å². The summed E-state index contributed by atoms with van der Waals surface area (Å²) < 4.78 is 48.6. The number of hydrogen-bond acceptors (Lipinski definition) is 4. The molecule has 2 aromatic carbocycles. The summed E-state index contributed by atoms with van der Waals surface area (Å²) in [4.78, 5) is 16.0. The quantitative estimate of drug-likeness (QED) is 0.724. The number of nitrogens with zero attached hydrogens (tertiary/aromatic N) is 2. The van der Waals surface area contributed by atoms with Crippen LogP contribution in [0.3, 0.4) is 0 Å². The van der Waals surface area contributed by atoms with Gasteiger partial charge < -0.3 is 15.0 Å². The first-order chi connectivity index (χ1) is 13.9. The van der Waals surface area contributed by atoms with Gasteiger partial charge in [0, 0.05) is 23.7 Å². The van der Waals surface area contributed by atoms with Crippen LogP contribution in [0.2, 0.25) is 0 Å². The van der Waals surface area contributed by atoms with Crippen LogP contribution >= 0.6 is 0 Å². The first kappa shape index (κ1) is 19.4. The summed E-state index contributed by atoms with van der Waals surface area (Å²) in [7, 11) is 0. The lowest BCUT2D eigenvalue weighted by molar-refractivity contribution is 0.147. The molecule has 0 amide bonds. The van der Waals surface area contributed by atoms with Crippen molar-refractivity contribution >= 4 is 10.9 Å². The van der Waals surface area contributed by atoms with Crippen molar-refractivity contribution < 1.29 is 17.9 Å². The van der Waals surface area contributed by atoms with E-state index >= 15 is 0 Å². The van der Waals surface area contributed by atoms with E-state index in [4.69, 9.17) is 10.5 Å². The van der Waals surface area contributed by atoms with Crippen molar-refractivity contribution in [3.05, 3.63) is 70.0 Å². The predicted octanol–water partition coefficient (Wildman–Crippen LogP) is 3.51. The van der Waals surface area contributed by atoms with Gasteiger partial charge in [-0.05, 0) is 43.9 Å². The molecule has 1 saturated carbocycles. The lowest BCUT2D eigenvalue weighted by Gasteiger charge is -2.26. The minimum Gasteiger partial charge on any atom is -0.490 e. The molecule has 29 heavy (non-hydrogen) atoms. The van der Waals surface area contributed by atoms with Crippen LogP contribution in [0.4, 0.5) is 13.2 Å². The zero-order chi connectivity index (χ0) is 20.5. The molecule has 8 heteroatoms. The van der Waals surface area contributed by atoms with Crippen molar-refractivity contribution in [1.29, 1.82) is 0 Å². The molecule has 0 radical (unpaired) electrons. The monoisotopic (exact) mass is 403 g/mol. The van der Waals surface area contributed by atoms with E-state index in [-0.39, 0.29) is 29.6 Å².